The van der Waals surface area contributed by atoms with Crippen molar-refractivity contribution >= 4 is 18.1 Å². The minimum atomic E-state index is -1.09. The Morgan fingerprint density at radius 1 is 1.03 bits per heavy atom. The Morgan fingerprint density at radius 2 is 1.61 bits per heavy atom. The molecule has 0 radical (unpaired) electrons. The van der Waals surface area contributed by atoms with Crippen LogP contribution in [0.2, 0.25) is 0 Å². The SMILES string of the molecule is CCNC(=O)N1CCC(N(CC(=O)O)C(=O)OCC2c3ccccc3-c3ccccc32)CC1. The van der Waals surface area contributed by atoms with Gasteiger partial charge in [-0.05, 0) is 42.0 Å². The number of hydrogen-bond acceptors (Lipinski definition) is 4. The maximum atomic E-state index is 13.0. The first-order valence-corrected chi connectivity index (χ1v) is 11.4. The van der Waals surface area contributed by atoms with Crippen molar-refractivity contribution in [1.29, 1.82) is 0 Å². The molecule has 0 unspecified atom stereocenters. The lowest BCUT2D eigenvalue weighted by atomic mass is 9.98. The summed E-state index contributed by atoms with van der Waals surface area (Å²) in [5.41, 5.74) is 4.47. The van der Waals surface area contributed by atoms with Gasteiger partial charge in [-0.1, -0.05) is 48.5 Å². The van der Waals surface area contributed by atoms with E-state index >= 15 is 0 Å². The van der Waals surface area contributed by atoms with Crippen molar-refractivity contribution in [3.8, 4) is 11.1 Å². The van der Waals surface area contributed by atoms with E-state index in [0.717, 1.165) is 22.3 Å². The number of ether oxygens (including phenoxy) is 1. The van der Waals surface area contributed by atoms with Crippen LogP contribution >= 0.6 is 0 Å². The zero-order valence-corrected chi connectivity index (χ0v) is 18.7. The van der Waals surface area contributed by atoms with Crippen LogP contribution in [0, 0.1) is 0 Å². The Morgan fingerprint density at radius 3 is 2.15 bits per heavy atom. The lowest BCUT2D eigenvalue weighted by molar-refractivity contribution is -0.138. The number of nitrogens with zero attached hydrogens (tertiary/aromatic N) is 2. The molecule has 1 aliphatic heterocycles. The van der Waals surface area contributed by atoms with Gasteiger partial charge in [-0.2, -0.15) is 0 Å². The van der Waals surface area contributed by atoms with Gasteiger partial charge in [0.15, 0.2) is 0 Å². The number of carboxylic acids is 1. The second-order valence-electron chi connectivity index (χ2n) is 8.38. The fourth-order valence-electron chi connectivity index (χ4n) is 4.81. The molecule has 2 aromatic carbocycles. The summed E-state index contributed by atoms with van der Waals surface area (Å²) in [4.78, 5) is 39.5. The fourth-order valence-corrected chi connectivity index (χ4v) is 4.81. The highest BCUT2D eigenvalue weighted by Gasteiger charge is 2.34. The predicted octanol–water partition coefficient (Wildman–Crippen LogP) is 3.52. The first kappa shape index (κ1) is 22.6. The summed E-state index contributed by atoms with van der Waals surface area (Å²) in [5.74, 6) is -1.18. The van der Waals surface area contributed by atoms with Crippen molar-refractivity contribution in [2.45, 2.75) is 31.7 Å². The molecule has 0 spiro atoms. The van der Waals surface area contributed by atoms with E-state index in [2.05, 4.69) is 17.4 Å². The third-order valence-corrected chi connectivity index (χ3v) is 6.40. The fraction of sp³-hybridized carbons (Fsp3) is 0.400. The highest BCUT2D eigenvalue weighted by Crippen LogP contribution is 2.44. The van der Waals surface area contributed by atoms with Crippen molar-refractivity contribution in [3.63, 3.8) is 0 Å². The molecule has 33 heavy (non-hydrogen) atoms. The zero-order chi connectivity index (χ0) is 23.4. The van der Waals surface area contributed by atoms with Crippen LogP contribution in [0.25, 0.3) is 11.1 Å². The summed E-state index contributed by atoms with van der Waals surface area (Å²) in [6.45, 7) is 3.04. The lowest BCUT2D eigenvalue weighted by Crippen LogP contribution is -2.52. The van der Waals surface area contributed by atoms with E-state index in [1.54, 1.807) is 4.90 Å². The van der Waals surface area contributed by atoms with Crippen LogP contribution in [0.5, 0.6) is 0 Å². The summed E-state index contributed by atoms with van der Waals surface area (Å²) >= 11 is 0. The van der Waals surface area contributed by atoms with E-state index in [1.165, 1.54) is 4.90 Å². The molecule has 3 amide bonds. The van der Waals surface area contributed by atoms with E-state index in [-0.39, 0.29) is 24.6 Å². The van der Waals surface area contributed by atoms with Gasteiger partial charge < -0.3 is 20.1 Å². The first-order chi connectivity index (χ1) is 16.0. The van der Waals surface area contributed by atoms with E-state index in [1.807, 2.05) is 43.3 Å². The van der Waals surface area contributed by atoms with Crippen molar-refractivity contribution in [2.75, 3.05) is 32.8 Å². The number of piperidine rings is 1. The van der Waals surface area contributed by atoms with Crippen LogP contribution in [0.4, 0.5) is 9.59 Å². The molecular weight excluding hydrogens is 422 g/mol. The number of rotatable bonds is 6. The minimum absolute atomic E-state index is 0.0902. The molecule has 0 bridgehead atoms. The Hall–Kier alpha value is -3.55. The number of fused-ring (bicyclic) bond motifs is 3. The molecule has 1 saturated heterocycles. The van der Waals surface area contributed by atoms with Crippen molar-refractivity contribution < 1.29 is 24.2 Å². The number of nitrogens with one attached hydrogen (secondary N) is 1. The largest absolute Gasteiger partial charge is 0.480 e. The molecule has 4 rings (SSSR count). The summed E-state index contributed by atoms with van der Waals surface area (Å²) in [7, 11) is 0. The molecule has 174 valence electrons. The smallest absolute Gasteiger partial charge is 0.410 e. The van der Waals surface area contributed by atoms with Gasteiger partial charge in [0.25, 0.3) is 0 Å². The van der Waals surface area contributed by atoms with E-state index in [0.29, 0.717) is 32.5 Å². The standard InChI is InChI=1S/C25H29N3O5/c1-2-26-24(31)27-13-11-17(12-14-27)28(15-23(29)30)25(32)33-16-22-20-9-5-3-7-18(20)19-8-4-6-10-21(19)22/h3-10,17,22H,2,11-16H2,1H3,(H,26,31)(H,29,30). The number of urea groups is 1. The first-order valence-electron chi connectivity index (χ1n) is 11.4. The average molecular weight is 452 g/mol. The Balaban J connectivity index is 1.44. The lowest BCUT2D eigenvalue weighted by Gasteiger charge is -2.37. The van der Waals surface area contributed by atoms with Crippen molar-refractivity contribution in [2.24, 2.45) is 0 Å². The molecule has 2 N–H and O–H groups in total. The quantitative estimate of drug-likeness (QED) is 0.700. The van der Waals surface area contributed by atoms with Gasteiger partial charge in [0.2, 0.25) is 0 Å². The second-order valence-corrected chi connectivity index (χ2v) is 8.38. The van der Waals surface area contributed by atoms with Crippen LogP contribution < -0.4 is 5.32 Å². The van der Waals surface area contributed by atoms with Crippen LogP contribution in [-0.4, -0.2) is 71.8 Å². The topological polar surface area (TPSA) is 99.2 Å². The zero-order valence-electron chi connectivity index (χ0n) is 18.7. The molecule has 0 aromatic heterocycles. The van der Waals surface area contributed by atoms with E-state index < -0.39 is 18.6 Å². The van der Waals surface area contributed by atoms with Gasteiger partial charge in [0.1, 0.15) is 13.2 Å². The van der Waals surface area contributed by atoms with Crippen LogP contribution in [-0.2, 0) is 9.53 Å². The maximum Gasteiger partial charge on any atom is 0.410 e. The third-order valence-electron chi connectivity index (χ3n) is 6.40. The normalized spacial score (nSPS) is 15.5. The monoisotopic (exact) mass is 451 g/mol. The second kappa shape index (κ2) is 9.94. The summed E-state index contributed by atoms with van der Waals surface area (Å²) in [6, 6.07) is 15.7. The number of carbonyl (C=O) groups excluding carboxylic acids is 2. The molecule has 0 atom stereocenters. The molecule has 8 heteroatoms. The maximum absolute atomic E-state index is 13.0. The molecule has 1 fully saturated rings. The van der Waals surface area contributed by atoms with Crippen LogP contribution in [0.3, 0.4) is 0 Å². The van der Waals surface area contributed by atoms with Crippen LogP contribution in [0.1, 0.15) is 36.8 Å². The number of carbonyl (C=O) groups is 3. The molecular formula is C25H29N3O5. The molecule has 2 aromatic rings. The Bertz CT molecular complexity index is 987. The van der Waals surface area contributed by atoms with Crippen LogP contribution in [0.15, 0.2) is 48.5 Å². The number of amides is 3. The Kier molecular flexibility index (Phi) is 6.82. The van der Waals surface area contributed by atoms with Gasteiger partial charge in [0, 0.05) is 31.6 Å². The van der Waals surface area contributed by atoms with Gasteiger partial charge in [-0.25, -0.2) is 9.59 Å². The number of hydrogen-bond donors (Lipinski definition) is 2. The Labute approximate surface area is 193 Å². The molecule has 8 nitrogen and oxygen atoms in total. The molecule has 1 aliphatic carbocycles. The summed E-state index contributed by atoms with van der Waals surface area (Å²) in [6.07, 6.45) is 0.388. The predicted molar refractivity (Wildman–Crippen MR) is 123 cm³/mol. The number of likely N-dealkylation sites (tertiary alicyclic amines) is 1. The van der Waals surface area contributed by atoms with Gasteiger partial charge in [-0.15, -0.1) is 0 Å². The van der Waals surface area contributed by atoms with E-state index in [4.69, 9.17) is 4.74 Å². The van der Waals surface area contributed by atoms with Gasteiger partial charge in [-0.3, -0.25) is 9.69 Å². The van der Waals surface area contributed by atoms with Crippen molar-refractivity contribution in [1.82, 2.24) is 15.1 Å². The van der Waals surface area contributed by atoms with Gasteiger partial charge >= 0.3 is 18.1 Å². The third kappa shape index (κ3) is 4.79. The number of carboxylic acid groups (broad SMARTS) is 1. The average Bonchev–Trinajstić information content (AvgIpc) is 3.15. The molecule has 2 aliphatic rings. The molecule has 0 saturated carbocycles. The minimum Gasteiger partial charge on any atom is -0.480 e. The summed E-state index contributed by atoms with van der Waals surface area (Å²) in [5, 5.41) is 12.2. The highest BCUT2D eigenvalue weighted by molar-refractivity contribution is 5.80. The summed E-state index contributed by atoms with van der Waals surface area (Å²) < 4.78 is 5.70. The molecule has 1 heterocycles. The number of aliphatic carboxylic acids is 1. The highest BCUT2D eigenvalue weighted by atomic mass is 16.6. The van der Waals surface area contributed by atoms with Crippen molar-refractivity contribution in [3.05, 3.63) is 59.7 Å². The number of benzene rings is 2. The van der Waals surface area contributed by atoms with Gasteiger partial charge in [0.05, 0.1) is 0 Å². The van der Waals surface area contributed by atoms with E-state index in [9.17, 15) is 19.5 Å².